The van der Waals surface area contributed by atoms with E-state index in [-0.39, 0.29) is 0 Å². The number of hydrogen-bond donors (Lipinski definition) is 4. The topological polar surface area (TPSA) is 148 Å². The van der Waals surface area contributed by atoms with Gasteiger partial charge in [0.05, 0.1) is 12.8 Å². The molecule has 4 N–H and O–H groups in total. The van der Waals surface area contributed by atoms with Crippen molar-refractivity contribution >= 4 is 17.9 Å². The highest BCUT2D eigenvalue weighted by molar-refractivity contribution is 5.88. The summed E-state index contributed by atoms with van der Waals surface area (Å²) in [5.74, 6) is -5.02. The van der Waals surface area contributed by atoms with Gasteiger partial charge >= 0.3 is 17.9 Å². The monoisotopic (exact) mass is 382 g/mol. The summed E-state index contributed by atoms with van der Waals surface area (Å²) in [6.07, 6.45) is 2.21. The number of aliphatic hydroxyl groups is 1. The van der Waals surface area contributed by atoms with Crippen molar-refractivity contribution in [2.45, 2.75) is 51.2 Å². The molecule has 0 amide bonds. The summed E-state index contributed by atoms with van der Waals surface area (Å²) < 4.78 is 0. The molecule has 0 radical (unpaired) electrons. The van der Waals surface area contributed by atoms with E-state index >= 15 is 0 Å². The fourth-order valence-corrected chi connectivity index (χ4v) is 3.20. The average molecular weight is 382 g/mol. The molecule has 1 aliphatic heterocycles. The molecule has 2 rings (SSSR count). The minimum atomic E-state index is -2.74. The normalized spacial score (nSPS) is 17.1. The number of carbonyl (C=O) groups is 3. The number of likely N-dealkylation sites (tertiary alicyclic amines) is 1. The molecule has 1 atom stereocenters. The molecule has 27 heavy (non-hydrogen) atoms. The van der Waals surface area contributed by atoms with E-state index in [1.54, 1.807) is 0 Å². The summed E-state index contributed by atoms with van der Waals surface area (Å²) in [6, 6.07) is 2.72. The fraction of sp³-hybridized carbons (Fsp3) is 0.556. The van der Waals surface area contributed by atoms with Crippen LogP contribution in [0.3, 0.4) is 0 Å². The fourth-order valence-electron chi connectivity index (χ4n) is 3.20. The van der Waals surface area contributed by atoms with E-state index in [4.69, 9.17) is 20.4 Å². The number of pyridine rings is 1. The van der Waals surface area contributed by atoms with E-state index in [0.717, 1.165) is 0 Å². The van der Waals surface area contributed by atoms with Gasteiger partial charge in [-0.1, -0.05) is 0 Å². The Balaban J connectivity index is 0.000000271. The van der Waals surface area contributed by atoms with Crippen LogP contribution in [0.5, 0.6) is 0 Å². The molecule has 1 saturated heterocycles. The van der Waals surface area contributed by atoms with E-state index in [9.17, 15) is 14.4 Å². The van der Waals surface area contributed by atoms with Crippen molar-refractivity contribution in [3.8, 4) is 0 Å². The van der Waals surface area contributed by atoms with Crippen LogP contribution in [0, 0.1) is 13.8 Å². The van der Waals surface area contributed by atoms with Gasteiger partial charge in [-0.25, -0.2) is 4.79 Å². The maximum absolute atomic E-state index is 10.3. The molecule has 150 valence electrons. The predicted octanol–water partition coefficient (Wildman–Crippen LogP) is 1.22. The van der Waals surface area contributed by atoms with Crippen molar-refractivity contribution in [3.05, 3.63) is 29.1 Å². The number of aromatic nitrogens is 1. The lowest BCUT2D eigenvalue weighted by atomic mass is 9.96. The molecule has 9 heteroatoms. The lowest BCUT2D eigenvalue weighted by Gasteiger charge is -2.22. The van der Waals surface area contributed by atoms with Crippen LogP contribution in [0.25, 0.3) is 0 Å². The minimum Gasteiger partial charge on any atom is -0.481 e. The van der Waals surface area contributed by atoms with Gasteiger partial charge < -0.3 is 20.4 Å². The molecule has 1 fully saturated rings. The van der Waals surface area contributed by atoms with Crippen LogP contribution >= 0.6 is 0 Å². The van der Waals surface area contributed by atoms with Crippen molar-refractivity contribution < 1.29 is 34.8 Å². The Morgan fingerprint density at radius 2 is 1.74 bits per heavy atom. The van der Waals surface area contributed by atoms with Gasteiger partial charge in [-0.15, -0.1) is 0 Å². The van der Waals surface area contributed by atoms with E-state index in [2.05, 4.69) is 36.8 Å². The zero-order chi connectivity index (χ0) is 20.8. The zero-order valence-electron chi connectivity index (χ0n) is 15.7. The van der Waals surface area contributed by atoms with Gasteiger partial charge in [0.2, 0.25) is 0 Å². The maximum atomic E-state index is 10.3. The Labute approximate surface area is 157 Å². The van der Waals surface area contributed by atoms with Gasteiger partial charge in [-0.05, 0) is 57.5 Å². The Morgan fingerprint density at radius 3 is 2.11 bits per heavy atom. The summed E-state index contributed by atoms with van der Waals surface area (Å²) >= 11 is 0. The molecule has 0 spiro atoms. The molecule has 0 unspecified atom stereocenters. The van der Waals surface area contributed by atoms with E-state index in [1.165, 1.54) is 36.2 Å². The first-order valence-electron chi connectivity index (χ1n) is 8.49. The molecular weight excluding hydrogens is 356 g/mol. The van der Waals surface area contributed by atoms with Gasteiger partial charge in [-0.2, -0.15) is 0 Å². The van der Waals surface area contributed by atoms with Crippen molar-refractivity contribution in [1.82, 2.24) is 9.88 Å². The standard InChI is InChI=1S/C12H18N2.C6H8O7/c1-9-6-7-13-10(2)12(9)11-5-4-8-14(11)3;7-3(8)1-6(13,5(11)12)2-4(9)10/h6-7,11H,4-5,8H2,1-3H3;13H,1-2H2,(H,7,8)(H,9,10)(H,11,12)/t11-;/m0./s1. The molecule has 0 aliphatic carbocycles. The van der Waals surface area contributed by atoms with Crippen molar-refractivity contribution in [2.75, 3.05) is 13.6 Å². The average Bonchev–Trinajstić information content (AvgIpc) is 2.92. The third-order valence-corrected chi connectivity index (χ3v) is 4.55. The quantitative estimate of drug-likeness (QED) is 0.569. The summed E-state index contributed by atoms with van der Waals surface area (Å²) in [6.45, 7) is 5.53. The molecule has 1 aromatic rings. The lowest BCUT2D eigenvalue weighted by Crippen LogP contribution is -2.42. The number of hydrogen-bond acceptors (Lipinski definition) is 6. The highest BCUT2D eigenvalue weighted by atomic mass is 16.4. The van der Waals surface area contributed by atoms with Gasteiger partial charge in [0, 0.05) is 17.9 Å². The molecule has 0 aromatic carbocycles. The summed E-state index contributed by atoms with van der Waals surface area (Å²) in [5, 5.41) is 33.8. The van der Waals surface area contributed by atoms with Crippen LogP contribution in [-0.4, -0.2) is 67.4 Å². The largest absolute Gasteiger partial charge is 0.481 e. The molecule has 0 bridgehead atoms. The second kappa shape index (κ2) is 9.43. The van der Waals surface area contributed by atoms with E-state index in [1.807, 2.05) is 6.20 Å². The van der Waals surface area contributed by atoms with Gasteiger partial charge in [0.15, 0.2) is 5.60 Å². The second-order valence-electron chi connectivity index (χ2n) is 6.74. The number of aryl methyl sites for hydroxylation is 2. The molecule has 2 heterocycles. The Hall–Kier alpha value is -2.52. The third-order valence-electron chi connectivity index (χ3n) is 4.55. The van der Waals surface area contributed by atoms with Crippen molar-refractivity contribution in [2.24, 2.45) is 0 Å². The van der Waals surface area contributed by atoms with Gasteiger partial charge in [-0.3, -0.25) is 19.5 Å². The second-order valence-corrected chi connectivity index (χ2v) is 6.74. The Bertz CT molecular complexity index is 669. The molecule has 9 nitrogen and oxygen atoms in total. The van der Waals surface area contributed by atoms with Crippen LogP contribution in [-0.2, 0) is 14.4 Å². The first-order valence-corrected chi connectivity index (χ1v) is 8.49. The smallest absolute Gasteiger partial charge is 0.336 e. The molecule has 1 aromatic heterocycles. The predicted molar refractivity (Wildman–Crippen MR) is 95.4 cm³/mol. The summed E-state index contributed by atoms with van der Waals surface area (Å²) in [7, 11) is 2.21. The van der Waals surface area contributed by atoms with Crippen molar-refractivity contribution in [3.63, 3.8) is 0 Å². The number of carboxylic acid groups (broad SMARTS) is 3. The van der Waals surface area contributed by atoms with E-state index in [0.29, 0.717) is 6.04 Å². The van der Waals surface area contributed by atoms with Gasteiger partial charge in [0.1, 0.15) is 0 Å². The maximum Gasteiger partial charge on any atom is 0.336 e. The van der Waals surface area contributed by atoms with Crippen molar-refractivity contribution in [1.29, 1.82) is 0 Å². The van der Waals surface area contributed by atoms with Crippen LogP contribution in [0.4, 0.5) is 0 Å². The van der Waals surface area contributed by atoms with E-state index < -0.39 is 36.4 Å². The highest BCUT2D eigenvalue weighted by Crippen LogP contribution is 2.33. The SMILES string of the molecule is Cc1ccnc(C)c1[C@@H]1CCCN1C.O=C(O)CC(O)(CC(=O)O)C(=O)O. The van der Waals surface area contributed by atoms with Crippen LogP contribution in [0.1, 0.15) is 48.5 Å². The van der Waals surface area contributed by atoms with Crippen LogP contribution < -0.4 is 0 Å². The lowest BCUT2D eigenvalue weighted by molar-refractivity contribution is -0.170. The Kier molecular flexibility index (Phi) is 7.86. The van der Waals surface area contributed by atoms with Gasteiger partial charge in [0.25, 0.3) is 0 Å². The van der Waals surface area contributed by atoms with Crippen LogP contribution in [0.15, 0.2) is 12.3 Å². The van der Waals surface area contributed by atoms with Crippen LogP contribution in [0.2, 0.25) is 0 Å². The third kappa shape index (κ3) is 6.30. The highest BCUT2D eigenvalue weighted by Gasteiger charge is 2.40. The first kappa shape index (κ1) is 22.5. The minimum absolute atomic E-state index is 0.601. The summed E-state index contributed by atoms with van der Waals surface area (Å²) in [5.41, 5.74) is 1.30. The molecular formula is C18H26N2O7. The number of carboxylic acids is 3. The summed E-state index contributed by atoms with van der Waals surface area (Å²) in [4.78, 5) is 37.3. The molecule has 0 saturated carbocycles. The Morgan fingerprint density at radius 1 is 1.19 bits per heavy atom. The number of rotatable bonds is 6. The number of nitrogens with zero attached hydrogens (tertiary/aromatic N) is 2. The number of aliphatic carboxylic acids is 3. The first-order chi connectivity index (χ1) is 12.5. The zero-order valence-corrected chi connectivity index (χ0v) is 15.7. The molecule has 1 aliphatic rings.